The molecule has 0 amide bonds. The third kappa shape index (κ3) is 4.39. The van der Waals surface area contributed by atoms with Crippen LogP contribution in [0.5, 0.6) is 0 Å². The maximum atomic E-state index is 11.8. The fraction of sp³-hybridized carbons (Fsp3) is 0.0769. The Bertz CT molecular complexity index is 1350. The number of hydrogen-bond donors (Lipinski definition) is 2. The lowest BCUT2D eigenvalue weighted by atomic mass is 10.0. The van der Waals surface area contributed by atoms with Crippen LogP contribution >= 0.6 is 0 Å². The Morgan fingerprint density at radius 3 is 2.56 bits per heavy atom. The van der Waals surface area contributed by atoms with Gasteiger partial charge in [0, 0.05) is 16.8 Å². The molecule has 2 N–H and O–H groups in total. The minimum Gasteiger partial charge on any atom is -0.343 e. The molecule has 0 radical (unpaired) electrons. The molecule has 0 saturated carbocycles. The Labute approximate surface area is 186 Å². The molecular weight excluding hydrogens is 398 g/mol. The van der Waals surface area contributed by atoms with Gasteiger partial charge in [0.2, 0.25) is 0 Å². The summed E-state index contributed by atoms with van der Waals surface area (Å²) in [6.07, 6.45) is 7.26. The molecule has 0 aliphatic heterocycles. The first-order valence-electron chi connectivity index (χ1n) is 10.2. The highest BCUT2D eigenvalue weighted by molar-refractivity contribution is 6.01. The lowest BCUT2D eigenvalue weighted by molar-refractivity contribution is 0.101. The van der Waals surface area contributed by atoms with Gasteiger partial charge in [0.25, 0.3) is 0 Å². The molecule has 0 atom stereocenters. The van der Waals surface area contributed by atoms with Gasteiger partial charge in [-0.2, -0.15) is 5.10 Å². The number of fused-ring (bicyclic) bond motifs is 1. The average molecular weight is 422 g/mol. The molecule has 2 aromatic heterocycles. The van der Waals surface area contributed by atoms with Crippen molar-refractivity contribution in [2.45, 2.75) is 13.8 Å². The summed E-state index contributed by atoms with van der Waals surface area (Å²) in [5.41, 5.74) is 5.79. The second-order valence-corrected chi connectivity index (χ2v) is 7.33. The van der Waals surface area contributed by atoms with Gasteiger partial charge in [-0.25, -0.2) is 9.97 Å². The number of benzene rings is 2. The first-order valence-corrected chi connectivity index (χ1v) is 10.2. The van der Waals surface area contributed by atoms with Gasteiger partial charge in [0.1, 0.15) is 12.1 Å². The number of allylic oxidation sites excluding steroid dienone is 5. The molecule has 0 aliphatic rings. The number of carbonyl (C=O) groups excluding carboxylic acids is 1. The monoisotopic (exact) mass is 421 g/mol. The van der Waals surface area contributed by atoms with Gasteiger partial charge in [-0.1, -0.05) is 67.3 Å². The number of aromatic nitrogens is 4. The van der Waals surface area contributed by atoms with Crippen molar-refractivity contribution in [1.29, 1.82) is 0 Å². The van der Waals surface area contributed by atoms with Crippen LogP contribution in [0.3, 0.4) is 0 Å². The Kier molecular flexibility index (Phi) is 6.03. The number of rotatable bonds is 7. The number of anilines is 1. The smallest absolute Gasteiger partial charge is 0.186 e. The van der Waals surface area contributed by atoms with Crippen LogP contribution in [0, 0.1) is 0 Å². The topological polar surface area (TPSA) is 83.6 Å². The zero-order valence-corrected chi connectivity index (χ0v) is 18.0. The predicted octanol–water partition coefficient (Wildman–Crippen LogP) is 5.81. The van der Waals surface area contributed by atoms with Gasteiger partial charge in [-0.05, 0) is 37.1 Å². The zero-order chi connectivity index (χ0) is 22.5. The first-order chi connectivity index (χ1) is 15.6. The summed E-state index contributed by atoms with van der Waals surface area (Å²) in [4.78, 5) is 20.6. The van der Waals surface area contributed by atoms with Crippen molar-refractivity contribution in [3.8, 4) is 11.3 Å². The van der Waals surface area contributed by atoms with Gasteiger partial charge >= 0.3 is 0 Å². The molecule has 0 spiro atoms. The van der Waals surface area contributed by atoms with E-state index in [1.165, 1.54) is 6.33 Å². The van der Waals surface area contributed by atoms with E-state index in [4.69, 9.17) is 0 Å². The van der Waals surface area contributed by atoms with Crippen molar-refractivity contribution in [2.75, 3.05) is 5.32 Å². The highest BCUT2D eigenvalue weighted by atomic mass is 16.1. The normalized spacial score (nSPS) is 12.1. The van der Waals surface area contributed by atoms with Crippen molar-refractivity contribution >= 4 is 28.2 Å². The maximum absolute atomic E-state index is 11.8. The average Bonchev–Trinajstić information content (AvgIpc) is 3.25. The Balaban J connectivity index is 1.74. The molecular formula is C26H23N5O. The van der Waals surface area contributed by atoms with Crippen LogP contribution in [0.15, 0.2) is 91.4 Å². The SMILES string of the molecule is C=C/C=C(\C=C(/C)Nc1ncnc2n[nH]c(-c3cccc(C(C)=O)c3)c12)c1ccccc1. The van der Waals surface area contributed by atoms with Crippen molar-refractivity contribution in [3.63, 3.8) is 0 Å². The molecule has 0 aliphatic carbocycles. The second kappa shape index (κ2) is 9.22. The van der Waals surface area contributed by atoms with E-state index in [9.17, 15) is 4.79 Å². The molecule has 0 saturated heterocycles. The summed E-state index contributed by atoms with van der Waals surface area (Å²) in [6, 6.07) is 17.5. The molecule has 2 heterocycles. The van der Waals surface area contributed by atoms with E-state index < -0.39 is 0 Å². The fourth-order valence-corrected chi connectivity index (χ4v) is 3.49. The summed E-state index contributed by atoms with van der Waals surface area (Å²) in [5.74, 6) is 0.637. The van der Waals surface area contributed by atoms with Gasteiger partial charge in [-0.15, -0.1) is 0 Å². The van der Waals surface area contributed by atoms with Crippen LogP contribution in [0.2, 0.25) is 0 Å². The molecule has 0 bridgehead atoms. The standard InChI is InChI=1S/C26H23N5O/c1-4-9-21(19-10-6-5-7-11-19)14-17(2)29-25-23-24(30-31-26(23)28-16-27-25)22-13-8-12-20(15-22)18(3)32/h4-16H,1H2,2-3H3,(H2,27,28,29,30,31)/b17-14+,21-9+. The Hall–Kier alpha value is -4.32. The third-order valence-electron chi connectivity index (χ3n) is 5.00. The minimum absolute atomic E-state index is 0.00601. The van der Waals surface area contributed by atoms with Crippen LogP contribution in [0.4, 0.5) is 5.82 Å². The van der Waals surface area contributed by atoms with Crippen LogP contribution in [-0.2, 0) is 0 Å². The fourth-order valence-electron chi connectivity index (χ4n) is 3.49. The zero-order valence-electron chi connectivity index (χ0n) is 18.0. The second-order valence-electron chi connectivity index (χ2n) is 7.33. The number of Topliss-reactive ketones (excluding diaryl/α,β-unsaturated/α-hetero) is 1. The molecule has 158 valence electrons. The van der Waals surface area contributed by atoms with Gasteiger partial charge in [0.15, 0.2) is 11.4 Å². The van der Waals surface area contributed by atoms with Crippen molar-refractivity contribution in [2.24, 2.45) is 0 Å². The molecule has 2 aromatic carbocycles. The van der Waals surface area contributed by atoms with Gasteiger partial charge < -0.3 is 5.32 Å². The summed E-state index contributed by atoms with van der Waals surface area (Å²) < 4.78 is 0. The predicted molar refractivity (Wildman–Crippen MR) is 129 cm³/mol. The van der Waals surface area contributed by atoms with Gasteiger partial charge in [0.05, 0.1) is 11.1 Å². The Morgan fingerprint density at radius 2 is 1.81 bits per heavy atom. The lowest BCUT2D eigenvalue weighted by Crippen LogP contribution is -2.00. The molecule has 4 rings (SSSR count). The number of carbonyl (C=O) groups is 1. The largest absolute Gasteiger partial charge is 0.343 e. The summed E-state index contributed by atoms with van der Waals surface area (Å²) in [5, 5.41) is 11.5. The molecule has 6 heteroatoms. The quantitative estimate of drug-likeness (QED) is 0.291. The number of hydrogen-bond acceptors (Lipinski definition) is 5. The summed E-state index contributed by atoms with van der Waals surface area (Å²) in [6.45, 7) is 7.36. The van der Waals surface area contributed by atoms with Crippen molar-refractivity contribution < 1.29 is 4.79 Å². The highest BCUT2D eigenvalue weighted by Gasteiger charge is 2.15. The molecule has 0 unspecified atom stereocenters. The van der Waals surface area contributed by atoms with Crippen LogP contribution < -0.4 is 5.32 Å². The number of H-pyrrole nitrogens is 1. The summed E-state index contributed by atoms with van der Waals surface area (Å²) >= 11 is 0. The Morgan fingerprint density at radius 1 is 1.03 bits per heavy atom. The highest BCUT2D eigenvalue weighted by Crippen LogP contribution is 2.31. The van der Waals surface area contributed by atoms with Crippen molar-refractivity contribution in [1.82, 2.24) is 20.2 Å². The first kappa shape index (κ1) is 20.9. The van der Waals surface area contributed by atoms with Crippen LogP contribution in [0.25, 0.3) is 27.9 Å². The van der Waals surface area contributed by atoms with Crippen LogP contribution in [-0.4, -0.2) is 25.9 Å². The molecule has 4 aromatic rings. The van der Waals surface area contributed by atoms with E-state index in [1.54, 1.807) is 19.1 Å². The minimum atomic E-state index is 0.00601. The van der Waals surface area contributed by atoms with E-state index in [-0.39, 0.29) is 5.78 Å². The third-order valence-corrected chi connectivity index (χ3v) is 5.00. The molecule has 32 heavy (non-hydrogen) atoms. The maximum Gasteiger partial charge on any atom is 0.186 e. The summed E-state index contributed by atoms with van der Waals surface area (Å²) in [7, 11) is 0. The number of nitrogens with one attached hydrogen (secondary N) is 2. The number of nitrogens with zero attached hydrogens (tertiary/aromatic N) is 3. The van der Waals surface area contributed by atoms with E-state index in [2.05, 4.69) is 44.2 Å². The number of aromatic amines is 1. The number of ketones is 1. The van der Waals surface area contributed by atoms with E-state index >= 15 is 0 Å². The van der Waals surface area contributed by atoms with E-state index in [0.29, 0.717) is 17.0 Å². The lowest BCUT2D eigenvalue weighted by Gasteiger charge is -2.10. The van der Waals surface area contributed by atoms with E-state index in [1.807, 2.05) is 55.5 Å². The van der Waals surface area contributed by atoms with Crippen molar-refractivity contribution in [3.05, 3.63) is 103 Å². The van der Waals surface area contributed by atoms with Crippen LogP contribution in [0.1, 0.15) is 29.8 Å². The van der Waals surface area contributed by atoms with Gasteiger partial charge in [-0.3, -0.25) is 9.89 Å². The molecule has 0 fully saturated rings. The van der Waals surface area contributed by atoms with E-state index in [0.717, 1.165) is 33.5 Å². The molecule has 6 nitrogen and oxygen atoms in total.